The second kappa shape index (κ2) is 6.18. The van der Waals surface area contributed by atoms with Gasteiger partial charge in [0.1, 0.15) is 5.82 Å². The van der Waals surface area contributed by atoms with Crippen molar-refractivity contribution in [3.05, 3.63) is 53.7 Å². The highest BCUT2D eigenvalue weighted by Crippen LogP contribution is 2.43. The molecule has 0 aliphatic carbocycles. The third-order valence-corrected chi connectivity index (χ3v) is 4.66. The predicted molar refractivity (Wildman–Crippen MR) is 92.3 cm³/mol. The number of nitrogens with one attached hydrogen (secondary N) is 2. The third-order valence-electron chi connectivity index (χ3n) is 4.66. The first-order chi connectivity index (χ1) is 12.1. The minimum Gasteiger partial charge on any atom is -0.393 e. The topological polar surface area (TPSA) is 94.6 Å². The van der Waals surface area contributed by atoms with E-state index in [4.69, 9.17) is 0 Å². The summed E-state index contributed by atoms with van der Waals surface area (Å²) in [5.74, 6) is 0.402. The van der Waals surface area contributed by atoms with Crippen LogP contribution >= 0.6 is 0 Å². The number of aliphatic hydroxyl groups is 1. The number of pyridine rings is 1. The summed E-state index contributed by atoms with van der Waals surface area (Å²) in [6.07, 6.45) is 2.23. The molecule has 3 N–H and O–H groups in total. The molecule has 2 atom stereocenters. The largest absolute Gasteiger partial charge is 0.393 e. The summed E-state index contributed by atoms with van der Waals surface area (Å²) in [4.78, 5) is 30.7. The normalized spacial score (nSPS) is 21.5. The average molecular weight is 338 g/mol. The van der Waals surface area contributed by atoms with Crippen molar-refractivity contribution in [2.45, 2.75) is 25.0 Å². The van der Waals surface area contributed by atoms with Gasteiger partial charge >= 0.3 is 6.03 Å². The van der Waals surface area contributed by atoms with Gasteiger partial charge in [0, 0.05) is 29.6 Å². The molecule has 3 heterocycles. The van der Waals surface area contributed by atoms with E-state index >= 15 is 0 Å². The van der Waals surface area contributed by atoms with Gasteiger partial charge in [-0.2, -0.15) is 0 Å². The van der Waals surface area contributed by atoms with Gasteiger partial charge in [-0.1, -0.05) is 12.1 Å². The Morgan fingerprint density at radius 1 is 1.20 bits per heavy atom. The first-order valence-corrected chi connectivity index (χ1v) is 8.24. The van der Waals surface area contributed by atoms with Gasteiger partial charge in [-0.25, -0.2) is 9.78 Å². The van der Waals surface area contributed by atoms with Crippen LogP contribution in [0.1, 0.15) is 34.8 Å². The number of piperidine rings is 1. The Bertz CT molecular complexity index is 824. The molecule has 0 radical (unpaired) electrons. The summed E-state index contributed by atoms with van der Waals surface area (Å²) in [7, 11) is 0. The molecule has 3 amide bonds. The fraction of sp³-hybridized carbons (Fsp3) is 0.278. The molecule has 0 bridgehead atoms. The van der Waals surface area contributed by atoms with E-state index in [1.54, 1.807) is 47.5 Å². The van der Waals surface area contributed by atoms with Gasteiger partial charge in [0.15, 0.2) is 0 Å². The van der Waals surface area contributed by atoms with Crippen molar-refractivity contribution in [1.29, 1.82) is 0 Å². The molecule has 1 aromatic carbocycles. The summed E-state index contributed by atoms with van der Waals surface area (Å²) in [5, 5.41) is 15.5. The van der Waals surface area contributed by atoms with Crippen molar-refractivity contribution >= 4 is 23.4 Å². The number of aliphatic hydroxyl groups excluding tert-OH is 1. The van der Waals surface area contributed by atoms with Crippen LogP contribution in [0.25, 0.3) is 0 Å². The van der Waals surface area contributed by atoms with E-state index in [0.29, 0.717) is 36.5 Å². The predicted octanol–water partition coefficient (Wildman–Crippen LogP) is 2.38. The number of hydrogen-bond acceptors (Lipinski definition) is 4. The summed E-state index contributed by atoms with van der Waals surface area (Å²) < 4.78 is 0. The Labute approximate surface area is 144 Å². The third kappa shape index (κ3) is 2.83. The van der Waals surface area contributed by atoms with Gasteiger partial charge in [0.2, 0.25) is 0 Å². The van der Waals surface area contributed by atoms with E-state index in [9.17, 15) is 14.7 Å². The van der Waals surface area contributed by atoms with Gasteiger partial charge in [-0.3, -0.25) is 10.1 Å². The lowest BCUT2D eigenvalue weighted by Gasteiger charge is -2.33. The Morgan fingerprint density at radius 2 is 2.08 bits per heavy atom. The molecule has 0 spiro atoms. The van der Waals surface area contributed by atoms with Crippen LogP contribution in [0.4, 0.5) is 16.3 Å². The van der Waals surface area contributed by atoms with Crippen LogP contribution in [0, 0.1) is 0 Å². The number of hydrogen-bond donors (Lipinski definition) is 3. The van der Waals surface area contributed by atoms with Gasteiger partial charge in [0.25, 0.3) is 5.91 Å². The molecule has 1 aromatic heterocycles. The quantitative estimate of drug-likeness (QED) is 0.783. The Balaban J connectivity index is 1.60. The monoisotopic (exact) mass is 338 g/mol. The molecule has 1 saturated heterocycles. The van der Waals surface area contributed by atoms with Crippen LogP contribution in [-0.4, -0.2) is 39.6 Å². The molecule has 1 fully saturated rings. The Hall–Kier alpha value is -2.93. The van der Waals surface area contributed by atoms with Crippen LogP contribution in [0.3, 0.4) is 0 Å². The molecule has 4 rings (SSSR count). The molecular formula is C18H18N4O3. The number of carbonyl (C=O) groups excluding carboxylic acids is 2. The number of aromatic nitrogens is 1. The van der Waals surface area contributed by atoms with Gasteiger partial charge < -0.3 is 15.3 Å². The van der Waals surface area contributed by atoms with Crippen LogP contribution in [0.2, 0.25) is 0 Å². The number of carbonyl (C=O) groups is 2. The van der Waals surface area contributed by atoms with Crippen molar-refractivity contribution in [2.24, 2.45) is 0 Å². The summed E-state index contributed by atoms with van der Waals surface area (Å²) in [5.41, 5.74) is 1.96. The second-order valence-corrected chi connectivity index (χ2v) is 6.25. The molecule has 1 unspecified atom stereocenters. The van der Waals surface area contributed by atoms with Crippen LogP contribution in [-0.2, 0) is 0 Å². The van der Waals surface area contributed by atoms with E-state index in [1.165, 1.54) is 0 Å². The maximum atomic E-state index is 12.6. The molecule has 2 aromatic rings. The molecule has 7 heteroatoms. The molecular weight excluding hydrogens is 320 g/mol. The summed E-state index contributed by atoms with van der Waals surface area (Å²) in [6.45, 7) is 0.527. The minimum atomic E-state index is -0.435. The lowest BCUT2D eigenvalue weighted by molar-refractivity contribution is 0.0391. The molecule has 0 saturated carbocycles. The first kappa shape index (κ1) is 15.6. The van der Waals surface area contributed by atoms with Crippen molar-refractivity contribution in [3.8, 4) is 0 Å². The lowest BCUT2D eigenvalue weighted by Crippen LogP contribution is -2.37. The number of nitrogens with zero attached hydrogens (tertiary/aromatic N) is 2. The number of amides is 3. The van der Waals surface area contributed by atoms with Gasteiger partial charge in [0.05, 0.1) is 12.1 Å². The first-order valence-electron chi connectivity index (χ1n) is 8.24. The van der Waals surface area contributed by atoms with Crippen LogP contribution in [0.5, 0.6) is 0 Å². The smallest absolute Gasteiger partial charge is 0.324 e. The van der Waals surface area contributed by atoms with Crippen LogP contribution in [0.15, 0.2) is 42.6 Å². The van der Waals surface area contributed by atoms with E-state index in [2.05, 4.69) is 15.6 Å². The molecule has 128 valence electrons. The fourth-order valence-corrected chi connectivity index (χ4v) is 3.54. The number of urea groups is 1. The molecule has 7 nitrogen and oxygen atoms in total. The standard InChI is InChI=1S/C18H18N4O3/c23-11-7-9-22-14(10-11)16-12(17(22)24)4-3-5-13(16)20-18(25)21-15-6-1-2-8-19-15/h1-6,8,11,14,23H,7,9-10H2,(H2,19,20,21,25)/t11-,14?/m0/s1. The summed E-state index contributed by atoms with van der Waals surface area (Å²) in [6, 6.07) is 9.91. The Kier molecular flexibility index (Phi) is 3.85. The van der Waals surface area contributed by atoms with Gasteiger partial charge in [-0.15, -0.1) is 0 Å². The SMILES string of the molecule is O=C(Nc1ccccn1)Nc1cccc2c1C1C[C@@H](O)CCN1C2=O. The van der Waals surface area contributed by atoms with Crippen molar-refractivity contribution in [1.82, 2.24) is 9.88 Å². The van der Waals surface area contributed by atoms with E-state index in [1.807, 2.05) is 0 Å². The highest BCUT2D eigenvalue weighted by molar-refractivity contribution is 6.04. The Morgan fingerprint density at radius 3 is 2.88 bits per heavy atom. The number of rotatable bonds is 2. The lowest BCUT2D eigenvalue weighted by atomic mass is 9.94. The highest BCUT2D eigenvalue weighted by atomic mass is 16.3. The van der Waals surface area contributed by atoms with Crippen molar-refractivity contribution in [3.63, 3.8) is 0 Å². The van der Waals surface area contributed by atoms with E-state index in [-0.39, 0.29) is 11.9 Å². The van der Waals surface area contributed by atoms with Crippen LogP contribution < -0.4 is 10.6 Å². The molecule has 2 aliphatic heterocycles. The fourth-order valence-electron chi connectivity index (χ4n) is 3.54. The molecule has 25 heavy (non-hydrogen) atoms. The number of benzene rings is 1. The molecule has 2 aliphatic rings. The number of fused-ring (bicyclic) bond motifs is 3. The zero-order valence-electron chi connectivity index (χ0n) is 13.5. The highest BCUT2D eigenvalue weighted by Gasteiger charge is 2.41. The zero-order chi connectivity index (χ0) is 17.4. The average Bonchev–Trinajstić information content (AvgIpc) is 2.89. The van der Waals surface area contributed by atoms with Crippen molar-refractivity contribution in [2.75, 3.05) is 17.2 Å². The number of anilines is 2. The minimum absolute atomic E-state index is 0.0410. The van der Waals surface area contributed by atoms with E-state index < -0.39 is 12.1 Å². The van der Waals surface area contributed by atoms with Crippen molar-refractivity contribution < 1.29 is 14.7 Å². The maximum absolute atomic E-state index is 12.6. The zero-order valence-corrected chi connectivity index (χ0v) is 13.5. The van der Waals surface area contributed by atoms with E-state index in [0.717, 1.165) is 5.56 Å². The summed E-state index contributed by atoms with van der Waals surface area (Å²) >= 11 is 0. The second-order valence-electron chi connectivity index (χ2n) is 6.25. The maximum Gasteiger partial charge on any atom is 0.324 e. The van der Waals surface area contributed by atoms with Gasteiger partial charge in [-0.05, 0) is 37.1 Å².